The molecule has 0 bridgehead atoms. The van der Waals surface area contributed by atoms with Gasteiger partial charge in [0.05, 0.1) is 22.9 Å². The molecule has 8 atom stereocenters. The standard InChI is InChI=1S/C28H43N3O5.C24H36N2O6.C4H9N/c1-27(2,3)36-26(35)30-21-11-8-6-4-5-7-10-20-16-28(20,25(34)29-18-19-13-14-19)17-23(32)22-12-9-15-31(22)24(21)33;1-23(2,3)32-22(31)25-17-11-8-6-4-5-7-10-16-14-24(16,21(29)30)15-19(27)18-12-9-13-26(18)20(17)28;5-3-4-1-2-4/h7,10,19-22H,4-6,8-9,11-18H2,1-3H3,(H,29,34)(H,30,35);7,10,16-18H,4-6,8-9,11-15H2,1-3H3,(H,25,31)(H,29,30);4H,1-3,5H2/b2*10-7-;/t20-,21+,22+,28-;16-,17+,18+,24-;/m11./s1. The van der Waals surface area contributed by atoms with Gasteiger partial charge in [-0.15, -0.1) is 0 Å². The quantitative estimate of drug-likeness (QED) is 0.154. The lowest BCUT2D eigenvalue weighted by Crippen LogP contribution is -2.52. The number of hydrogen-bond acceptors (Lipinski definition) is 11. The van der Waals surface area contributed by atoms with Crippen LogP contribution in [0.5, 0.6) is 0 Å². The van der Waals surface area contributed by atoms with Crippen LogP contribution in [0.2, 0.25) is 0 Å². The number of ketones is 2. The molecule has 0 radical (unpaired) electrons. The Bertz CT molecular complexity index is 2050. The Morgan fingerprint density at radius 3 is 1.47 bits per heavy atom. The average Bonchev–Trinajstić information content (AvgIpc) is 4.24. The number of rotatable bonds is 7. The summed E-state index contributed by atoms with van der Waals surface area (Å²) in [6.45, 7) is 13.2. The minimum absolute atomic E-state index is 0.0120. The molecule has 4 saturated carbocycles. The van der Waals surface area contributed by atoms with Gasteiger partial charge in [-0.05, 0) is 174 Å². The second-order valence-corrected chi connectivity index (χ2v) is 24.3. The second kappa shape index (κ2) is 25.2. The van der Waals surface area contributed by atoms with Crippen molar-refractivity contribution in [3.8, 4) is 0 Å². The Hall–Kier alpha value is -4.80. The molecule has 5 amide bonds. The van der Waals surface area contributed by atoms with Gasteiger partial charge in [-0.1, -0.05) is 50.0 Å². The van der Waals surface area contributed by atoms with E-state index in [0.717, 1.165) is 83.1 Å². The van der Waals surface area contributed by atoms with E-state index in [4.69, 9.17) is 15.2 Å². The molecule has 0 aromatic rings. The zero-order valence-corrected chi connectivity index (χ0v) is 44.8. The van der Waals surface area contributed by atoms with Crippen molar-refractivity contribution in [2.75, 3.05) is 26.2 Å². The molecule has 0 spiro atoms. The van der Waals surface area contributed by atoms with E-state index in [1.165, 1.54) is 12.8 Å². The molecular formula is C56H88N6O11. The highest BCUT2D eigenvalue weighted by Crippen LogP contribution is 2.58. The maximum atomic E-state index is 13.6. The van der Waals surface area contributed by atoms with E-state index in [-0.39, 0.29) is 54.0 Å². The Morgan fingerprint density at radius 2 is 1.05 bits per heavy atom. The summed E-state index contributed by atoms with van der Waals surface area (Å²) in [6, 6.07) is -2.65. The van der Waals surface area contributed by atoms with Crippen LogP contribution in [0.25, 0.3) is 0 Å². The topological polar surface area (TPSA) is 244 Å². The first-order chi connectivity index (χ1) is 34.6. The Labute approximate surface area is 433 Å². The van der Waals surface area contributed by atoms with Gasteiger partial charge in [0.15, 0.2) is 11.6 Å². The molecule has 0 aromatic carbocycles. The lowest BCUT2D eigenvalue weighted by atomic mass is 9.91. The molecule has 8 aliphatic rings. The maximum absolute atomic E-state index is 13.6. The molecule has 4 aliphatic carbocycles. The lowest BCUT2D eigenvalue weighted by molar-refractivity contribution is -0.147. The van der Waals surface area contributed by atoms with Gasteiger partial charge >= 0.3 is 18.2 Å². The van der Waals surface area contributed by atoms with Crippen LogP contribution in [0.3, 0.4) is 0 Å². The first kappa shape index (κ1) is 57.5. The SMILES string of the molecule is CC(C)(C)OC(=O)N[C@H]1CCCCC/C=C\[C@@H]2C[C@@]2(C(=O)NCC2CC2)CC(=O)[C@@H]2CCCN2C1=O.CC(C)(C)OC(=O)N[C@H]1CCCCC/C=C\[C@@H]2C[C@@]2(C(=O)O)CC(=O)[C@@H]2CCCN2C1=O.NCC1CC1. The summed E-state index contributed by atoms with van der Waals surface area (Å²) < 4.78 is 10.8. The first-order valence-corrected chi connectivity index (χ1v) is 27.8. The number of nitrogens with two attached hydrogens (primary N) is 1. The number of carboxylic acid groups (broad SMARTS) is 1. The summed E-state index contributed by atoms with van der Waals surface area (Å²) in [4.78, 5) is 107. The molecular weight excluding hydrogens is 933 g/mol. The molecule has 0 unspecified atom stereocenters. The van der Waals surface area contributed by atoms with E-state index in [2.05, 4.69) is 28.1 Å². The first-order valence-electron chi connectivity index (χ1n) is 27.8. The molecule has 6 N–H and O–H groups in total. The van der Waals surface area contributed by atoms with E-state index >= 15 is 0 Å². The van der Waals surface area contributed by atoms with Gasteiger partial charge in [0.1, 0.15) is 23.3 Å². The van der Waals surface area contributed by atoms with Gasteiger partial charge in [0.2, 0.25) is 17.7 Å². The van der Waals surface area contributed by atoms with Crippen molar-refractivity contribution >= 4 is 47.4 Å². The zero-order valence-electron chi connectivity index (χ0n) is 44.8. The highest BCUT2D eigenvalue weighted by Gasteiger charge is 2.61. The Kier molecular flexibility index (Phi) is 19.8. The van der Waals surface area contributed by atoms with E-state index in [1.807, 2.05) is 12.2 Å². The molecule has 17 heteroatoms. The van der Waals surface area contributed by atoms with Crippen molar-refractivity contribution in [1.29, 1.82) is 0 Å². The third-order valence-electron chi connectivity index (χ3n) is 15.7. The van der Waals surface area contributed by atoms with Crippen LogP contribution >= 0.6 is 0 Å². The van der Waals surface area contributed by atoms with Crippen LogP contribution in [-0.4, -0.2) is 124 Å². The van der Waals surface area contributed by atoms with Gasteiger partial charge in [0.25, 0.3) is 0 Å². The molecule has 73 heavy (non-hydrogen) atoms. The van der Waals surface area contributed by atoms with Gasteiger partial charge in [-0.3, -0.25) is 28.8 Å². The number of fused-ring (bicyclic) bond motifs is 4. The predicted molar refractivity (Wildman–Crippen MR) is 276 cm³/mol. The number of carboxylic acids is 1. The van der Waals surface area contributed by atoms with Crippen molar-refractivity contribution in [3.05, 3.63) is 24.3 Å². The van der Waals surface area contributed by atoms with Gasteiger partial charge < -0.3 is 46.1 Å². The summed E-state index contributed by atoms with van der Waals surface area (Å²) in [7, 11) is 0. The maximum Gasteiger partial charge on any atom is 0.408 e. The summed E-state index contributed by atoms with van der Waals surface area (Å²) >= 11 is 0. The summed E-state index contributed by atoms with van der Waals surface area (Å²) in [5.41, 5.74) is 2.16. The molecule has 4 heterocycles. The summed E-state index contributed by atoms with van der Waals surface area (Å²) in [5, 5.41) is 18.4. The largest absolute Gasteiger partial charge is 0.481 e. The third kappa shape index (κ3) is 16.9. The molecule has 8 rings (SSSR count). The highest BCUT2D eigenvalue weighted by atomic mass is 16.6. The van der Waals surface area contributed by atoms with Crippen molar-refractivity contribution in [2.24, 2.45) is 40.2 Å². The minimum Gasteiger partial charge on any atom is -0.481 e. The average molecular weight is 1020 g/mol. The predicted octanol–water partition coefficient (Wildman–Crippen LogP) is 7.68. The van der Waals surface area contributed by atoms with Crippen LogP contribution in [0.1, 0.15) is 183 Å². The number of Topliss-reactive ketones (excluding diaryl/α,β-unsaturated/α-hetero) is 2. The number of hydrogen-bond donors (Lipinski definition) is 5. The normalized spacial score (nSPS) is 31.9. The number of carbonyl (C=O) groups is 8. The van der Waals surface area contributed by atoms with Crippen LogP contribution in [0.15, 0.2) is 24.3 Å². The fourth-order valence-corrected chi connectivity index (χ4v) is 10.8. The molecule has 2 saturated heterocycles. The van der Waals surface area contributed by atoms with E-state index in [0.29, 0.717) is 70.5 Å². The number of amides is 5. The smallest absolute Gasteiger partial charge is 0.408 e. The van der Waals surface area contributed by atoms with Crippen LogP contribution < -0.4 is 21.7 Å². The molecule has 4 aliphatic heterocycles. The molecule has 6 fully saturated rings. The number of carbonyl (C=O) groups excluding carboxylic acids is 7. The lowest BCUT2D eigenvalue weighted by Gasteiger charge is -2.30. The molecule has 0 aromatic heterocycles. The number of alkyl carbamates (subject to hydrolysis) is 2. The van der Waals surface area contributed by atoms with Crippen molar-refractivity contribution in [2.45, 2.75) is 218 Å². The van der Waals surface area contributed by atoms with Crippen molar-refractivity contribution in [1.82, 2.24) is 25.8 Å². The van der Waals surface area contributed by atoms with Crippen molar-refractivity contribution in [3.63, 3.8) is 0 Å². The monoisotopic (exact) mass is 1020 g/mol. The fraction of sp³-hybridized carbons (Fsp3) is 0.786. The number of nitrogens with zero attached hydrogens (tertiary/aromatic N) is 2. The van der Waals surface area contributed by atoms with Crippen LogP contribution in [-0.2, 0) is 38.2 Å². The van der Waals surface area contributed by atoms with Crippen LogP contribution in [0.4, 0.5) is 9.59 Å². The van der Waals surface area contributed by atoms with Crippen molar-refractivity contribution < 1.29 is 52.9 Å². The van der Waals surface area contributed by atoms with E-state index in [9.17, 15) is 43.5 Å². The number of allylic oxidation sites excluding steroid dienone is 4. The minimum atomic E-state index is -1.04. The number of aliphatic carboxylic acids is 1. The summed E-state index contributed by atoms with van der Waals surface area (Å²) in [5.74, 6) is -0.236. The Balaban J connectivity index is 0.000000218. The number of ether oxygens (including phenoxy) is 2. The van der Waals surface area contributed by atoms with Crippen LogP contribution in [0, 0.1) is 34.5 Å². The summed E-state index contributed by atoms with van der Waals surface area (Å²) in [6.07, 6.45) is 23.9. The van der Waals surface area contributed by atoms with Gasteiger partial charge in [0, 0.05) is 32.5 Å². The highest BCUT2D eigenvalue weighted by molar-refractivity contribution is 5.98. The third-order valence-corrected chi connectivity index (χ3v) is 15.7. The fourth-order valence-electron chi connectivity index (χ4n) is 10.8. The second-order valence-electron chi connectivity index (χ2n) is 24.3. The van der Waals surface area contributed by atoms with E-state index < -0.39 is 64.4 Å². The van der Waals surface area contributed by atoms with Gasteiger partial charge in [-0.2, -0.15) is 0 Å². The van der Waals surface area contributed by atoms with E-state index in [1.54, 1.807) is 51.3 Å². The van der Waals surface area contributed by atoms with Gasteiger partial charge in [-0.25, -0.2) is 9.59 Å². The Morgan fingerprint density at radius 1 is 0.616 bits per heavy atom. The zero-order chi connectivity index (χ0) is 53.1. The molecule has 17 nitrogen and oxygen atoms in total. The molecule has 408 valence electrons. The number of nitrogens with one attached hydrogen (secondary N) is 3.